The van der Waals surface area contributed by atoms with E-state index in [4.69, 9.17) is 4.98 Å². The maximum absolute atomic E-state index is 14.0. The third-order valence-electron chi connectivity index (χ3n) is 6.75. The second-order valence-corrected chi connectivity index (χ2v) is 9.39. The first kappa shape index (κ1) is 22.6. The highest BCUT2D eigenvalue weighted by atomic mass is 19.1. The summed E-state index contributed by atoms with van der Waals surface area (Å²) in [6.45, 7) is 6.03. The molecule has 1 unspecified atom stereocenters. The second-order valence-electron chi connectivity index (χ2n) is 9.39. The van der Waals surface area contributed by atoms with Gasteiger partial charge in [0.2, 0.25) is 11.9 Å². The largest absolute Gasteiger partial charge is 0.347 e. The molecule has 0 aliphatic carbocycles. The zero-order valence-corrected chi connectivity index (χ0v) is 19.4. The van der Waals surface area contributed by atoms with Gasteiger partial charge in [-0.05, 0) is 62.4 Å². The van der Waals surface area contributed by atoms with E-state index in [1.165, 1.54) is 25.0 Å². The molecule has 0 bridgehead atoms. The highest BCUT2D eigenvalue weighted by Gasteiger charge is 2.33. The molecule has 1 amide bonds. The Hall–Kier alpha value is -2.54. The Morgan fingerprint density at radius 3 is 2.69 bits per heavy atom. The average molecular weight is 440 g/mol. The van der Waals surface area contributed by atoms with Gasteiger partial charge in [0.15, 0.2) is 0 Å². The smallest absolute Gasteiger partial charge is 0.225 e. The predicted molar refractivity (Wildman–Crippen MR) is 125 cm³/mol. The summed E-state index contributed by atoms with van der Waals surface area (Å²) in [5, 5.41) is 0. The van der Waals surface area contributed by atoms with Gasteiger partial charge in [0.05, 0.1) is 11.7 Å². The number of likely N-dealkylation sites (tertiary alicyclic amines) is 2. The van der Waals surface area contributed by atoms with Crippen LogP contribution in [0.2, 0.25) is 0 Å². The van der Waals surface area contributed by atoms with Crippen molar-refractivity contribution in [3.63, 3.8) is 0 Å². The van der Waals surface area contributed by atoms with E-state index in [9.17, 15) is 9.18 Å². The SMILES string of the molecule is CC1CCN(CCC(=O)N2CCCC2c2nc(N(C)C)ncc2-c2cccc(F)c2)CC1. The molecule has 2 saturated heterocycles. The van der Waals surface area contributed by atoms with Crippen molar-refractivity contribution >= 4 is 11.9 Å². The first-order chi connectivity index (χ1) is 15.4. The summed E-state index contributed by atoms with van der Waals surface area (Å²) in [4.78, 5) is 28.8. The van der Waals surface area contributed by atoms with Gasteiger partial charge in [-0.15, -0.1) is 0 Å². The number of hydrogen-bond acceptors (Lipinski definition) is 5. The number of nitrogens with zero attached hydrogens (tertiary/aromatic N) is 5. The van der Waals surface area contributed by atoms with Crippen molar-refractivity contribution in [3.05, 3.63) is 42.0 Å². The van der Waals surface area contributed by atoms with Gasteiger partial charge in [0.25, 0.3) is 0 Å². The summed E-state index contributed by atoms with van der Waals surface area (Å²) in [5.74, 6) is 1.28. The molecule has 0 N–H and O–H groups in total. The molecule has 172 valence electrons. The first-order valence-corrected chi connectivity index (χ1v) is 11.7. The quantitative estimate of drug-likeness (QED) is 0.677. The van der Waals surface area contributed by atoms with Crippen molar-refractivity contribution < 1.29 is 9.18 Å². The Morgan fingerprint density at radius 1 is 1.19 bits per heavy atom. The topological polar surface area (TPSA) is 52.6 Å². The first-order valence-electron chi connectivity index (χ1n) is 11.7. The summed E-state index contributed by atoms with van der Waals surface area (Å²) < 4.78 is 14.0. The summed E-state index contributed by atoms with van der Waals surface area (Å²) in [7, 11) is 3.80. The molecule has 1 aromatic heterocycles. The van der Waals surface area contributed by atoms with Crippen molar-refractivity contribution in [1.82, 2.24) is 19.8 Å². The van der Waals surface area contributed by atoms with Crippen LogP contribution in [0.5, 0.6) is 0 Å². The van der Waals surface area contributed by atoms with Gasteiger partial charge < -0.3 is 14.7 Å². The molecule has 3 heterocycles. The number of rotatable bonds is 6. The zero-order valence-electron chi connectivity index (χ0n) is 19.4. The third kappa shape index (κ3) is 5.09. The van der Waals surface area contributed by atoms with E-state index >= 15 is 0 Å². The van der Waals surface area contributed by atoms with Gasteiger partial charge >= 0.3 is 0 Å². The van der Waals surface area contributed by atoms with Crippen LogP contribution >= 0.6 is 0 Å². The van der Waals surface area contributed by atoms with E-state index in [1.54, 1.807) is 12.3 Å². The van der Waals surface area contributed by atoms with Crippen LogP contribution in [0.4, 0.5) is 10.3 Å². The van der Waals surface area contributed by atoms with E-state index < -0.39 is 0 Å². The average Bonchev–Trinajstić information content (AvgIpc) is 3.28. The number of anilines is 1. The maximum Gasteiger partial charge on any atom is 0.225 e. The Balaban J connectivity index is 1.56. The summed E-state index contributed by atoms with van der Waals surface area (Å²) in [5.41, 5.74) is 2.35. The zero-order chi connectivity index (χ0) is 22.7. The van der Waals surface area contributed by atoms with Crippen molar-refractivity contribution in [2.45, 2.75) is 45.1 Å². The molecular weight excluding hydrogens is 405 g/mol. The number of carbonyl (C=O) groups excluding carboxylic acids is 1. The minimum absolute atomic E-state index is 0.108. The predicted octanol–water partition coefficient (Wildman–Crippen LogP) is 4.13. The minimum atomic E-state index is -0.291. The molecule has 1 aromatic carbocycles. The minimum Gasteiger partial charge on any atom is -0.347 e. The molecule has 0 spiro atoms. The Morgan fingerprint density at radius 2 is 1.97 bits per heavy atom. The summed E-state index contributed by atoms with van der Waals surface area (Å²) in [6, 6.07) is 6.41. The van der Waals surface area contributed by atoms with E-state index in [0.29, 0.717) is 12.4 Å². The van der Waals surface area contributed by atoms with Crippen LogP contribution in [0.25, 0.3) is 11.1 Å². The lowest BCUT2D eigenvalue weighted by atomic mass is 9.99. The van der Waals surface area contributed by atoms with Crippen LogP contribution in [-0.4, -0.2) is 65.9 Å². The van der Waals surface area contributed by atoms with Crippen molar-refractivity contribution in [1.29, 1.82) is 0 Å². The molecule has 4 rings (SSSR count). The van der Waals surface area contributed by atoms with Crippen molar-refractivity contribution in [3.8, 4) is 11.1 Å². The Labute approximate surface area is 190 Å². The maximum atomic E-state index is 14.0. The molecular formula is C25H34FN5O. The standard InChI is InChI=1S/C25H34FN5O/c1-18-9-13-30(14-10-18)15-11-23(32)31-12-5-8-22(31)24-21(17-27-25(28-24)29(2)3)19-6-4-7-20(26)16-19/h4,6-7,16-18,22H,5,8-15H2,1-3H3. The highest BCUT2D eigenvalue weighted by Crippen LogP contribution is 2.37. The van der Waals surface area contributed by atoms with Gasteiger partial charge in [-0.1, -0.05) is 19.1 Å². The highest BCUT2D eigenvalue weighted by molar-refractivity contribution is 5.78. The second kappa shape index (κ2) is 9.94. The number of hydrogen-bond donors (Lipinski definition) is 0. The van der Waals surface area contributed by atoms with Gasteiger partial charge in [-0.2, -0.15) is 0 Å². The van der Waals surface area contributed by atoms with Crippen molar-refractivity contribution in [2.24, 2.45) is 5.92 Å². The molecule has 0 radical (unpaired) electrons. The molecule has 32 heavy (non-hydrogen) atoms. The monoisotopic (exact) mass is 439 g/mol. The van der Waals surface area contributed by atoms with Crippen LogP contribution in [0.3, 0.4) is 0 Å². The molecule has 2 aromatic rings. The number of carbonyl (C=O) groups is 1. The van der Waals surface area contributed by atoms with Crippen LogP contribution in [0.1, 0.15) is 50.8 Å². The van der Waals surface area contributed by atoms with Crippen LogP contribution in [-0.2, 0) is 4.79 Å². The van der Waals surface area contributed by atoms with E-state index in [0.717, 1.165) is 61.8 Å². The molecule has 2 aliphatic rings. The van der Waals surface area contributed by atoms with E-state index in [-0.39, 0.29) is 17.8 Å². The molecule has 1 atom stereocenters. The molecule has 2 aliphatic heterocycles. The fourth-order valence-corrected chi connectivity index (χ4v) is 4.77. The van der Waals surface area contributed by atoms with Gasteiger partial charge in [0, 0.05) is 45.4 Å². The fraction of sp³-hybridized carbons (Fsp3) is 0.560. The van der Waals surface area contributed by atoms with Crippen LogP contribution < -0.4 is 4.90 Å². The van der Waals surface area contributed by atoms with E-state index in [1.807, 2.05) is 30.0 Å². The fourth-order valence-electron chi connectivity index (χ4n) is 4.77. The Bertz CT molecular complexity index is 942. The van der Waals surface area contributed by atoms with Crippen molar-refractivity contribution in [2.75, 3.05) is 45.2 Å². The van der Waals surface area contributed by atoms with E-state index in [2.05, 4.69) is 16.8 Å². The lowest BCUT2D eigenvalue weighted by Crippen LogP contribution is -2.38. The lowest BCUT2D eigenvalue weighted by molar-refractivity contribution is -0.132. The molecule has 6 nitrogen and oxygen atoms in total. The normalized spacial score (nSPS) is 20.0. The number of piperidine rings is 1. The Kier molecular flexibility index (Phi) is 7.04. The van der Waals surface area contributed by atoms with Crippen LogP contribution in [0, 0.1) is 11.7 Å². The number of halogens is 1. The number of aromatic nitrogens is 2. The van der Waals surface area contributed by atoms with Gasteiger partial charge in [-0.25, -0.2) is 14.4 Å². The third-order valence-corrected chi connectivity index (χ3v) is 6.75. The molecule has 0 saturated carbocycles. The number of benzene rings is 1. The van der Waals surface area contributed by atoms with Crippen LogP contribution in [0.15, 0.2) is 30.5 Å². The van der Waals surface area contributed by atoms with Gasteiger partial charge in [-0.3, -0.25) is 4.79 Å². The summed E-state index contributed by atoms with van der Waals surface area (Å²) >= 11 is 0. The number of amides is 1. The molecule has 2 fully saturated rings. The lowest BCUT2D eigenvalue weighted by Gasteiger charge is -2.31. The van der Waals surface area contributed by atoms with Gasteiger partial charge in [0.1, 0.15) is 5.82 Å². The summed E-state index contributed by atoms with van der Waals surface area (Å²) in [6.07, 6.45) is 6.53. The molecule has 7 heteroatoms.